The molecule has 0 spiro atoms. The molecule has 162 valence electrons. The molecule has 1 heterocycles. The largest absolute Gasteiger partial charge is 0.508 e. The maximum absolute atomic E-state index is 13.9. The molecule has 0 atom stereocenters. The number of nitrogens with zero attached hydrogens (tertiary/aromatic N) is 1. The zero-order chi connectivity index (χ0) is 23.1. The number of amides is 1. The molecule has 0 aliphatic heterocycles. The van der Waals surface area contributed by atoms with Gasteiger partial charge >= 0.3 is 5.97 Å². The van der Waals surface area contributed by atoms with Gasteiger partial charge < -0.3 is 15.5 Å². The molecule has 0 bridgehead atoms. The van der Waals surface area contributed by atoms with Crippen LogP contribution in [-0.4, -0.2) is 38.1 Å². The minimum Gasteiger partial charge on any atom is -0.508 e. The van der Waals surface area contributed by atoms with Crippen molar-refractivity contribution in [1.29, 1.82) is 0 Å². The maximum Gasteiger partial charge on any atom is 0.328 e. The lowest BCUT2D eigenvalue weighted by molar-refractivity contribution is -0.145. The highest BCUT2D eigenvalue weighted by Gasteiger charge is 2.30. The fourth-order valence-electron chi connectivity index (χ4n) is 3.32. The van der Waals surface area contributed by atoms with Gasteiger partial charge in [0.1, 0.15) is 17.1 Å². The zero-order valence-electron chi connectivity index (χ0n) is 17.0. The number of phenolic OH excluding ortho intramolecular Hbond substituents is 1. The number of hydrogen-bond donors (Lipinski definition) is 3. The second kappa shape index (κ2) is 8.03. The predicted molar refractivity (Wildman–Crippen MR) is 113 cm³/mol. The molecular weight excluding hydrogens is 427 g/mol. The molecule has 9 heteroatoms. The van der Waals surface area contributed by atoms with E-state index in [-0.39, 0.29) is 22.8 Å². The number of phenols is 1. The van der Waals surface area contributed by atoms with Crippen molar-refractivity contribution in [1.82, 2.24) is 9.88 Å². The van der Waals surface area contributed by atoms with Gasteiger partial charge in [0.05, 0.1) is 17.0 Å². The molecule has 0 radical (unpaired) electrons. The van der Waals surface area contributed by atoms with Crippen LogP contribution in [0.4, 0.5) is 4.39 Å². The molecule has 0 fully saturated rings. The zero-order valence-corrected chi connectivity index (χ0v) is 17.7. The van der Waals surface area contributed by atoms with E-state index in [9.17, 15) is 29.0 Å². The number of carboxylic acids is 1. The Labute approximate surface area is 182 Å². The summed E-state index contributed by atoms with van der Waals surface area (Å²) < 4.78 is 15.2. The van der Waals surface area contributed by atoms with Crippen molar-refractivity contribution in [3.63, 3.8) is 0 Å². The Morgan fingerprint density at radius 3 is 2.45 bits per heavy atom. The van der Waals surface area contributed by atoms with Crippen molar-refractivity contribution in [2.75, 3.05) is 0 Å². The highest BCUT2D eigenvalue weighted by Crippen LogP contribution is 2.31. The Kier molecular flexibility index (Phi) is 5.78. The number of carboxylic acid groups (broad SMARTS) is 1. The summed E-state index contributed by atoms with van der Waals surface area (Å²) in [6.45, 7) is 4.33. The van der Waals surface area contributed by atoms with Gasteiger partial charge in [-0.15, -0.1) is 0 Å². The standard InChI is InChI=1S/C22H20ClFN2O5/c1-11-14(10-19(28)25-22(2,3)21(30)31)15-9-13(27)5-7-18(15)26(11)20(29)12-4-6-16(23)17(24)8-12/h4-9,27H,10H2,1-3H3,(H,25,28)(H,30,31). The maximum atomic E-state index is 13.9. The van der Waals surface area contributed by atoms with Crippen LogP contribution in [0.15, 0.2) is 36.4 Å². The average Bonchev–Trinajstić information content (AvgIpc) is 2.94. The molecule has 1 aromatic heterocycles. The van der Waals surface area contributed by atoms with Gasteiger partial charge in [-0.25, -0.2) is 9.18 Å². The molecule has 0 aliphatic carbocycles. The molecule has 3 aromatic rings. The molecule has 2 aromatic carbocycles. The highest BCUT2D eigenvalue weighted by molar-refractivity contribution is 6.30. The minimum absolute atomic E-state index is 0.0537. The first-order valence-electron chi connectivity index (χ1n) is 9.29. The van der Waals surface area contributed by atoms with E-state index in [2.05, 4.69) is 5.32 Å². The van der Waals surface area contributed by atoms with E-state index < -0.39 is 29.1 Å². The number of halogens is 2. The van der Waals surface area contributed by atoms with Gasteiger partial charge in [-0.1, -0.05) is 11.6 Å². The Morgan fingerprint density at radius 2 is 1.84 bits per heavy atom. The van der Waals surface area contributed by atoms with Crippen LogP contribution in [0.25, 0.3) is 10.9 Å². The van der Waals surface area contributed by atoms with Crippen LogP contribution in [0.5, 0.6) is 5.75 Å². The average molecular weight is 447 g/mol. The topological polar surface area (TPSA) is 109 Å². The fourth-order valence-corrected chi connectivity index (χ4v) is 3.44. The van der Waals surface area contributed by atoms with E-state index in [1.807, 2.05) is 0 Å². The summed E-state index contributed by atoms with van der Waals surface area (Å²) in [5.41, 5.74) is -0.173. The number of fused-ring (bicyclic) bond motifs is 1. The number of hydrogen-bond acceptors (Lipinski definition) is 4. The lowest BCUT2D eigenvalue weighted by Gasteiger charge is -2.21. The van der Waals surface area contributed by atoms with E-state index in [0.29, 0.717) is 22.2 Å². The van der Waals surface area contributed by atoms with Crippen LogP contribution < -0.4 is 5.32 Å². The second-order valence-electron chi connectivity index (χ2n) is 7.69. The number of benzene rings is 2. The van der Waals surface area contributed by atoms with Gasteiger partial charge in [0.25, 0.3) is 5.91 Å². The third-order valence-electron chi connectivity index (χ3n) is 5.01. The van der Waals surface area contributed by atoms with Crippen molar-refractivity contribution in [2.45, 2.75) is 32.7 Å². The first kappa shape index (κ1) is 22.3. The molecule has 3 N–H and O–H groups in total. The summed E-state index contributed by atoms with van der Waals surface area (Å²) >= 11 is 5.70. The van der Waals surface area contributed by atoms with Crippen LogP contribution in [0.2, 0.25) is 5.02 Å². The molecular formula is C22H20ClFN2O5. The van der Waals surface area contributed by atoms with Gasteiger partial charge in [0, 0.05) is 16.6 Å². The predicted octanol–water partition coefficient (Wildman–Crippen LogP) is 3.66. The third kappa shape index (κ3) is 4.25. The molecule has 0 unspecified atom stereocenters. The fraction of sp³-hybridized carbons (Fsp3) is 0.227. The van der Waals surface area contributed by atoms with E-state index in [4.69, 9.17) is 11.6 Å². The molecule has 0 saturated carbocycles. The summed E-state index contributed by atoms with van der Waals surface area (Å²) in [7, 11) is 0. The summed E-state index contributed by atoms with van der Waals surface area (Å²) in [6.07, 6.45) is -0.224. The number of rotatable bonds is 5. The Hall–Kier alpha value is -3.39. The molecule has 0 aliphatic rings. The number of aliphatic carboxylic acids is 1. The molecule has 3 rings (SSSR count). The van der Waals surface area contributed by atoms with Gasteiger partial charge in [0.2, 0.25) is 5.91 Å². The summed E-state index contributed by atoms with van der Waals surface area (Å²) in [6, 6.07) is 8.02. The van der Waals surface area contributed by atoms with Crippen LogP contribution >= 0.6 is 11.6 Å². The third-order valence-corrected chi connectivity index (χ3v) is 5.32. The van der Waals surface area contributed by atoms with Crippen LogP contribution in [0.1, 0.15) is 35.5 Å². The molecule has 0 saturated heterocycles. The highest BCUT2D eigenvalue weighted by atomic mass is 35.5. The second-order valence-corrected chi connectivity index (χ2v) is 8.10. The summed E-state index contributed by atoms with van der Waals surface area (Å²) in [5.74, 6) is -3.11. The Balaban J connectivity index is 2.09. The van der Waals surface area contributed by atoms with E-state index in [1.54, 1.807) is 6.92 Å². The van der Waals surface area contributed by atoms with Gasteiger partial charge in [-0.2, -0.15) is 0 Å². The number of carbonyl (C=O) groups is 3. The van der Waals surface area contributed by atoms with Gasteiger partial charge in [-0.05, 0) is 62.7 Å². The SMILES string of the molecule is Cc1c(CC(=O)NC(C)(C)C(=O)O)c2cc(O)ccc2n1C(=O)c1ccc(Cl)c(F)c1. The van der Waals surface area contributed by atoms with Crippen LogP contribution in [0, 0.1) is 12.7 Å². The molecule has 1 amide bonds. The van der Waals surface area contributed by atoms with Crippen molar-refractivity contribution < 1.29 is 29.0 Å². The first-order valence-corrected chi connectivity index (χ1v) is 9.67. The lowest BCUT2D eigenvalue weighted by atomic mass is 10.0. The smallest absolute Gasteiger partial charge is 0.328 e. The summed E-state index contributed by atoms with van der Waals surface area (Å²) in [5, 5.41) is 21.9. The van der Waals surface area contributed by atoms with E-state index in [0.717, 1.165) is 6.07 Å². The number of aromatic hydroxyl groups is 1. The van der Waals surface area contributed by atoms with Crippen molar-refractivity contribution in [3.05, 3.63) is 64.1 Å². The van der Waals surface area contributed by atoms with Crippen molar-refractivity contribution in [3.8, 4) is 5.75 Å². The first-order chi connectivity index (χ1) is 14.4. The van der Waals surface area contributed by atoms with E-state index in [1.165, 1.54) is 48.7 Å². The normalized spacial score (nSPS) is 11.5. The van der Waals surface area contributed by atoms with Crippen molar-refractivity contribution in [2.24, 2.45) is 0 Å². The van der Waals surface area contributed by atoms with Crippen LogP contribution in [0.3, 0.4) is 0 Å². The lowest BCUT2D eigenvalue weighted by Crippen LogP contribution is -2.50. The van der Waals surface area contributed by atoms with Crippen molar-refractivity contribution >= 4 is 40.3 Å². The number of aromatic nitrogens is 1. The number of nitrogens with one attached hydrogen (secondary N) is 1. The summed E-state index contributed by atoms with van der Waals surface area (Å²) in [4.78, 5) is 37.0. The van der Waals surface area contributed by atoms with Gasteiger partial charge in [-0.3, -0.25) is 14.2 Å². The Bertz CT molecular complexity index is 1230. The molecule has 7 nitrogen and oxygen atoms in total. The number of carbonyl (C=O) groups excluding carboxylic acids is 2. The van der Waals surface area contributed by atoms with E-state index >= 15 is 0 Å². The minimum atomic E-state index is -1.48. The van der Waals surface area contributed by atoms with Gasteiger partial charge in [0.15, 0.2) is 0 Å². The molecule has 31 heavy (non-hydrogen) atoms. The monoisotopic (exact) mass is 446 g/mol. The quantitative estimate of drug-likeness (QED) is 0.554. The Morgan fingerprint density at radius 1 is 1.16 bits per heavy atom. The van der Waals surface area contributed by atoms with Crippen LogP contribution in [-0.2, 0) is 16.0 Å².